The minimum Gasteiger partial charge on any atom is -0.475 e. The van der Waals surface area contributed by atoms with Gasteiger partial charge in [-0.1, -0.05) is 48.5 Å². The third-order valence-electron chi connectivity index (χ3n) is 6.15. The van der Waals surface area contributed by atoms with Crippen LogP contribution in [-0.4, -0.2) is 54.4 Å². The molecular formula is C28H33N3O3. The molecule has 0 spiro atoms. The van der Waals surface area contributed by atoms with E-state index in [1.165, 1.54) is 11.3 Å². The van der Waals surface area contributed by atoms with Gasteiger partial charge in [0.1, 0.15) is 5.75 Å². The van der Waals surface area contributed by atoms with Crippen LogP contribution in [0, 0.1) is 0 Å². The van der Waals surface area contributed by atoms with Crippen molar-refractivity contribution in [3.63, 3.8) is 0 Å². The number of aromatic nitrogens is 1. The second-order valence-electron chi connectivity index (χ2n) is 8.47. The van der Waals surface area contributed by atoms with Gasteiger partial charge < -0.3 is 14.4 Å². The zero-order valence-electron chi connectivity index (χ0n) is 19.8. The Morgan fingerprint density at radius 1 is 1.00 bits per heavy atom. The number of hydrogen-bond donors (Lipinski definition) is 0. The van der Waals surface area contributed by atoms with Gasteiger partial charge in [0.25, 0.3) is 0 Å². The van der Waals surface area contributed by atoms with E-state index in [-0.39, 0.29) is 18.2 Å². The molecule has 0 N–H and O–H groups in total. The molecule has 1 fully saturated rings. The lowest BCUT2D eigenvalue weighted by atomic mass is 10.0. The van der Waals surface area contributed by atoms with Gasteiger partial charge in [0, 0.05) is 50.2 Å². The van der Waals surface area contributed by atoms with Gasteiger partial charge in [-0.3, -0.25) is 14.7 Å². The highest BCUT2D eigenvalue weighted by Gasteiger charge is 2.32. The third kappa shape index (κ3) is 6.58. The zero-order chi connectivity index (χ0) is 23.6. The highest BCUT2D eigenvalue weighted by Crippen LogP contribution is 2.26. The van der Waals surface area contributed by atoms with Crippen molar-refractivity contribution in [2.24, 2.45) is 0 Å². The fourth-order valence-corrected chi connectivity index (χ4v) is 4.52. The number of anilines is 1. The smallest absolute Gasteiger partial charge is 0.305 e. The molecule has 2 unspecified atom stereocenters. The average Bonchev–Trinajstić information content (AvgIpc) is 2.88. The van der Waals surface area contributed by atoms with Crippen LogP contribution in [0.2, 0.25) is 0 Å². The van der Waals surface area contributed by atoms with E-state index < -0.39 is 0 Å². The van der Waals surface area contributed by atoms with Gasteiger partial charge in [0.05, 0.1) is 13.0 Å². The molecule has 1 saturated heterocycles. The standard InChI is InChI=1S/C28H33N3O3/c1-2-33-28(32)14-13-27(34-26-11-7-4-8-12-26)30-19-20-31(24-15-17-29-18-16-24)25(22-30)21-23-9-5-3-6-10-23/h3-12,15-18,25,27H,2,13-14,19-22H2,1H3. The first kappa shape index (κ1) is 23.8. The Labute approximate surface area is 202 Å². The van der Waals surface area contributed by atoms with Crippen LogP contribution in [0.25, 0.3) is 0 Å². The fourth-order valence-electron chi connectivity index (χ4n) is 4.52. The molecule has 1 aromatic heterocycles. The molecule has 2 heterocycles. The quantitative estimate of drug-likeness (QED) is 0.414. The fraction of sp³-hybridized carbons (Fsp3) is 0.357. The molecule has 2 aromatic carbocycles. The number of rotatable bonds is 10. The number of para-hydroxylation sites is 1. The Kier molecular flexibility index (Phi) is 8.52. The Morgan fingerprint density at radius 2 is 1.71 bits per heavy atom. The van der Waals surface area contributed by atoms with Gasteiger partial charge >= 0.3 is 5.97 Å². The van der Waals surface area contributed by atoms with Crippen LogP contribution in [0.3, 0.4) is 0 Å². The summed E-state index contributed by atoms with van der Waals surface area (Å²) in [7, 11) is 0. The highest BCUT2D eigenvalue weighted by molar-refractivity contribution is 5.69. The summed E-state index contributed by atoms with van der Waals surface area (Å²) in [4.78, 5) is 21.2. The summed E-state index contributed by atoms with van der Waals surface area (Å²) in [6.07, 6.45) is 5.34. The summed E-state index contributed by atoms with van der Waals surface area (Å²) in [6, 6.07) is 24.9. The van der Waals surface area contributed by atoms with Crippen LogP contribution in [0.1, 0.15) is 25.3 Å². The van der Waals surface area contributed by atoms with Crippen molar-refractivity contribution in [1.29, 1.82) is 0 Å². The zero-order valence-corrected chi connectivity index (χ0v) is 19.8. The molecule has 2 atom stereocenters. The van der Waals surface area contributed by atoms with Crippen LogP contribution >= 0.6 is 0 Å². The number of ether oxygens (including phenoxy) is 2. The van der Waals surface area contributed by atoms with E-state index in [1.807, 2.05) is 49.6 Å². The van der Waals surface area contributed by atoms with Gasteiger partial charge in [0.2, 0.25) is 0 Å². The molecule has 1 aliphatic rings. The second-order valence-corrected chi connectivity index (χ2v) is 8.47. The summed E-state index contributed by atoms with van der Waals surface area (Å²) < 4.78 is 11.6. The predicted molar refractivity (Wildman–Crippen MR) is 134 cm³/mol. The van der Waals surface area contributed by atoms with E-state index in [2.05, 4.69) is 57.2 Å². The first-order chi connectivity index (χ1) is 16.7. The number of carbonyl (C=O) groups is 1. The van der Waals surface area contributed by atoms with Crippen molar-refractivity contribution in [3.05, 3.63) is 90.8 Å². The van der Waals surface area contributed by atoms with E-state index >= 15 is 0 Å². The average molecular weight is 460 g/mol. The van der Waals surface area contributed by atoms with E-state index in [9.17, 15) is 4.79 Å². The van der Waals surface area contributed by atoms with E-state index in [1.54, 1.807) is 0 Å². The van der Waals surface area contributed by atoms with E-state index in [4.69, 9.17) is 9.47 Å². The molecule has 4 rings (SSSR count). The SMILES string of the molecule is CCOC(=O)CCC(Oc1ccccc1)N1CCN(c2ccncc2)C(Cc2ccccc2)C1. The third-order valence-corrected chi connectivity index (χ3v) is 6.15. The molecule has 6 nitrogen and oxygen atoms in total. The van der Waals surface area contributed by atoms with Crippen molar-refractivity contribution in [1.82, 2.24) is 9.88 Å². The van der Waals surface area contributed by atoms with Gasteiger partial charge in [-0.15, -0.1) is 0 Å². The van der Waals surface area contributed by atoms with Crippen LogP contribution in [0.4, 0.5) is 5.69 Å². The highest BCUT2D eigenvalue weighted by atomic mass is 16.5. The Bertz CT molecular complexity index is 1000. The summed E-state index contributed by atoms with van der Waals surface area (Å²) in [6.45, 7) is 4.77. The number of hydrogen-bond acceptors (Lipinski definition) is 6. The first-order valence-electron chi connectivity index (χ1n) is 12.0. The van der Waals surface area contributed by atoms with Crippen molar-refractivity contribution in [2.45, 2.75) is 38.5 Å². The minimum atomic E-state index is -0.204. The first-order valence-corrected chi connectivity index (χ1v) is 12.0. The van der Waals surface area contributed by atoms with E-state index in [0.717, 1.165) is 31.8 Å². The lowest BCUT2D eigenvalue weighted by molar-refractivity contribution is -0.144. The topological polar surface area (TPSA) is 54.9 Å². The molecule has 0 bridgehead atoms. The number of carbonyl (C=O) groups excluding carboxylic acids is 1. The van der Waals surface area contributed by atoms with Crippen LogP contribution in [-0.2, 0) is 16.0 Å². The van der Waals surface area contributed by atoms with Crippen molar-refractivity contribution >= 4 is 11.7 Å². The molecule has 3 aromatic rings. The predicted octanol–water partition coefficient (Wildman–Crippen LogP) is 4.56. The number of benzene rings is 2. The lowest BCUT2D eigenvalue weighted by Crippen LogP contribution is -2.58. The minimum absolute atomic E-state index is 0.180. The van der Waals surface area contributed by atoms with Crippen LogP contribution < -0.4 is 9.64 Å². The number of esters is 1. The van der Waals surface area contributed by atoms with Gasteiger partial charge in [-0.05, 0) is 43.2 Å². The summed E-state index contributed by atoms with van der Waals surface area (Å²) in [5.41, 5.74) is 2.49. The van der Waals surface area contributed by atoms with Crippen LogP contribution in [0.15, 0.2) is 85.2 Å². The summed E-state index contributed by atoms with van der Waals surface area (Å²) >= 11 is 0. The summed E-state index contributed by atoms with van der Waals surface area (Å²) in [5.74, 6) is 0.632. The Hall–Kier alpha value is -3.38. The van der Waals surface area contributed by atoms with Gasteiger partial charge in [-0.25, -0.2) is 0 Å². The van der Waals surface area contributed by atoms with E-state index in [0.29, 0.717) is 19.4 Å². The molecule has 6 heteroatoms. The van der Waals surface area contributed by atoms with Crippen molar-refractivity contribution < 1.29 is 14.3 Å². The Morgan fingerprint density at radius 3 is 2.41 bits per heavy atom. The molecule has 0 amide bonds. The maximum absolute atomic E-state index is 12.1. The lowest BCUT2D eigenvalue weighted by Gasteiger charge is -2.45. The molecule has 34 heavy (non-hydrogen) atoms. The van der Waals surface area contributed by atoms with Crippen LogP contribution in [0.5, 0.6) is 5.75 Å². The normalized spacial score (nSPS) is 17.2. The Balaban J connectivity index is 1.53. The van der Waals surface area contributed by atoms with Crippen molar-refractivity contribution in [3.8, 4) is 5.75 Å². The second kappa shape index (κ2) is 12.2. The molecule has 0 aliphatic carbocycles. The van der Waals surface area contributed by atoms with Crippen molar-refractivity contribution in [2.75, 3.05) is 31.1 Å². The number of nitrogens with zero attached hydrogens (tertiary/aromatic N) is 3. The number of pyridine rings is 1. The largest absolute Gasteiger partial charge is 0.475 e. The van der Waals surface area contributed by atoms with Gasteiger partial charge in [0.15, 0.2) is 6.23 Å². The maximum Gasteiger partial charge on any atom is 0.305 e. The number of piperazine rings is 1. The molecule has 1 aliphatic heterocycles. The monoisotopic (exact) mass is 459 g/mol. The molecule has 178 valence electrons. The van der Waals surface area contributed by atoms with Gasteiger partial charge in [-0.2, -0.15) is 0 Å². The molecule has 0 radical (unpaired) electrons. The molecule has 0 saturated carbocycles. The summed E-state index contributed by atoms with van der Waals surface area (Å²) in [5, 5.41) is 0. The maximum atomic E-state index is 12.1. The molecular weight excluding hydrogens is 426 g/mol.